The van der Waals surface area contributed by atoms with Gasteiger partial charge in [0, 0.05) is 6.92 Å². The summed E-state index contributed by atoms with van der Waals surface area (Å²) < 4.78 is 17.3. The second kappa shape index (κ2) is 4.74. The summed E-state index contributed by atoms with van der Waals surface area (Å²) in [5, 5.41) is 0. The Balaban J connectivity index is 2.78. The molecule has 0 saturated heterocycles. The van der Waals surface area contributed by atoms with Crippen molar-refractivity contribution in [2.75, 3.05) is 6.67 Å². The largest absolute Gasteiger partial charge is 0.455 e. The highest BCUT2D eigenvalue weighted by Crippen LogP contribution is 2.18. The van der Waals surface area contributed by atoms with Crippen LogP contribution < -0.4 is 0 Å². The lowest BCUT2D eigenvalue weighted by molar-refractivity contribution is -0.147. The Labute approximate surface area is 82.7 Å². The maximum Gasteiger partial charge on any atom is 0.303 e. The zero-order chi connectivity index (χ0) is 10.6. The number of aryl methyl sites for hydroxylation is 1. The standard InChI is InChI=1S/C11H13FO2/c1-8-3-5-10(6-4-8)11(7-12)14-9(2)13/h3-6,11H,7H2,1-2H3. The number of halogens is 1. The van der Waals surface area contributed by atoms with Gasteiger partial charge >= 0.3 is 5.97 Å². The van der Waals surface area contributed by atoms with E-state index in [0.717, 1.165) is 5.56 Å². The van der Waals surface area contributed by atoms with Crippen LogP contribution in [0.25, 0.3) is 0 Å². The van der Waals surface area contributed by atoms with E-state index < -0.39 is 18.7 Å². The maximum absolute atomic E-state index is 12.5. The van der Waals surface area contributed by atoms with Crippen LogP contribution in [0.4, 0.5) is 4.39 Å². The summed E-state index contributed by atoms with van der Waals surface area (Å²) in [6.45, 7) is 2.53. The topological polar surface area (TPSA) is 26.3 Å². The molecule has 1 aromatic carbocycles. The third kappa shape index (κ3) is 2.83. The van der Waals surface area contributed by atoms with Crippen LogP contribution in [-0.4, -0.2) is 12.6 Å². The maximum atomic E-state index is 12.5. The minimum atomic E-state index is -0.770. The van der Waals surface area contributed by atoms with Crippen molar-refractivity contribution in [1.82, 2.24) is 0 Å². The summed E-state index contributed by atoms with van der Waals surface area (Å²) in [7, 11) is 0. The number of benzene rings is 1. The molecule has 0 bridgehead atoms. The van der Waals surface area contributed by atoms with E-state index in [-0.39, 0.29) is 0 Å². The summed E-state index contributed by atoms with van der Waals surface area (Å²) in [6.07, 6.45) is -0.770. The first kappa shape index (κ1) is 10.7. The molecular weight excluding hydrogens is 183 g/mol. The molecule has 14 heavy (non-hydrogen) atoms. The Morgan fingerprint density at radius 2 is 2.00 bits per heavy atom. The Morgan fingerprint density at radius 3 is 2.43 bits per heavy atom. The first-order valence-electron chi connectivity index (χ1n) is 4.43. The van der Waals surface area contributed by atoms with Gasteiger partial charge in [0.05, 0.1) is 0 Å². The van der Waals surface area contributed by atoms with Crippen LogP contribution in [0.15, 0.2) is 24.3 Å². The normalized spacial score (nSPS) is 12.2. The summed E-state index contributed by atoms with van der Waals surface area (Å²) in [5.74, 6) is -0.465. The van der Waals surface area contributed by atoms with Crippen LogP contribution in [0.1, 0.15) is 24.2 Å². The van der Waals surface area contributed by atoms with E-state index in [1.165, 1.54) is 6.92 Å². The fourth-order valence-corrected chi connectivity index (χ4v) is 1.17. The van der Waals surface area contributed by atoms with Gasteiger partial charge in [-0.3, -0.25) is 4.79 Å². The third-order valence-corrected chi connectivity index (χ3v) is 1.90. The lowest BCUT2D eigenvalue weighted by Crippen LogP contribution is -2.10. The highest BCUT2D eigenvalue weighted by Gasteiger charge is 2.13. The highest BCUT2D eigenvalue weighted by molar-refractivity contribution is 5.66. The van der Waals surface area contributed by atoms with Gasteiger partial charge in [0.2, 0.25) is 0 Å². The molecule has 0 amide bonds. The summed E-state index contributed by atoms with van der Waals surface area (Å²) >= 11 is 0. The number of alkyl halides is 1. The van der Waals surface area contributed by atoms with E-state index in [9.17, 15) is 9.18 Å². The van der Waals surface area contributed by atoms with Crippen LogP contribution >= 0.6 is 0 Å². The van der Waals surface area contributed by atoms with Gasteiger partial charge in [-0.15, -0.1) is 0 Å². The van der Waals surface area contributed by atoms with Gasteiger partial charge in [0.1, 0.15) is 6.67 Å². The van der Waals surface area contributed by atoms with Crippen molar-refractivity contribution in [3.8, 4) is 0 Å². The summed E-state index contributed by atoms with van der Waals surface area (Å²) in [5.41, 5.74) is 1.78. The van der Waals surface area contributed by atoms with Crippen LogP contribution in [0.5, 0.6) is 0 Å². The molecule has 1 unspecified atom stereocenters. The van der Waals surface area contributed by atoms with E-state index in [1.807, 2.05) is 19.1 Å². The lowest BCUT2D eigenvalue weighted by Gasteiger charge is -2.13. The van der Waals surface area contributed by atoms with Crippen molar-refractivity contribution in [2.24, 2.45) is 0 Å². The molecule has 3 heteroatoms. The molecule has 0 radical (unpaired) electrons. The number of hydrogen-bond donors (Lipinski definition) is 0. The van der Waals surface area contributed by atoms with Crippen molar-refractivity contribution >= 4 is 5.97 Å². The first-order chi connectivity index (χ1) is 6.63. The van der Waals surface area contributed by atoms with Crippen molar-refractivity contribution in [1.29, 1.82) is 0 Å². The Hall–Kier alpha value is -1.38. The molecule has 0 fully saturated rings. The van der Waals surface area contributed by atoms with Gasteiger partial charge < -0.3 is 4.74 Å². The molecule has 76 valence electrons. The Kier molecular flexibility index (Phi) is 3.63. The quantitative estimate of drug-likeness (QED) is 0.694. The number of esters is 1. The van der Waals surface area contributed by atoms with Gasteiger partial charge in [-0.05, 0) is 12.5 Å². The summed E-state index contributed by atoms with van der Waals surface area (Å²) in [4.78, 5) is 10.7. The van der Waals surface area contributed by atoms with Gasteiger partial charge in [0.15, 0.2) is 6.10 Å². The smallest absolute Gasteiger partial charge is 0.303 e. The molecule has 1 atom stereocenters. The molecule has 0 aliphatic rings. The number of ether oxygens (including phenoxy) is 1. The monoisotopic (exact) mass is 196 g/mol. The van der Waals surface area contributed by atoms with Crippen molar-refractivity contribution in [3.05, 3.63) is 35.4 Å². The number of hydrogen-bond acceptors (Lipinski definition) is 2. The average Bonchev–Trinajstić information content (AvgIpc) is 2.15. The highest BCUT2D eigenvalue weighted by atomic mass is 19.1. The summed E-state index contributed by atoms with van der Waals surface area (Å²) in [6, 6.07) is 7.26. The molecule has 0 heterocycles. The second-order valence-corrected chi connectivity index (χ2v) is 3.16. The SMILES string of the molecule is CC(=O)OC(CF)c1ccc(C)cc1. The predicted molar refractivity (Wildman–Crippen MR) is 51.7 cm³/mol. The zero-order valence-corrected chi connectivity index (χ0v) is 8.29. The van der Waals surface area contributed by atoms with Crippen LogP contribution in [0.2, 0.25) is 0 Å². The molecule has 0 N–H and O–H groups in total. The Bertz CT molecular complexity index is 306. The number of carbonyl (C=O) groups excluding carboxylic acids is 1. The van der Waals surface area contributed by atoms with Crippen LogP contribution in [0.3, 0.4) is 0 Å². The fourth-order valence-electron chi connectivity index (χ4n) is 1.17. The van der Waals surface area contributed by atoms with Crippen LogP contribution in [0, 0.1) is 6.92 Å². The molecule has 2 nitrogen and oxygen atoms in total. The van der Waals surface area contributed by atoms with Gasteiger partial charge in [-0.1, -0.05) is 29.8 Å². The van der Waals surface area contributed by atoms with Crippen molar-refractivity contribution in [2.45, 2.75) is 20.0 Å². The lowest BCUT2D eigenvalue weighted by atomic mass is 10.1. The minimum absolute atomic E-state index is 0.465. The predicted octanol–water partition coefficient (Wildman–Crippen LogP) is 2.57. The molecule has 1 rings (SSSR count). The zero-order valence-electron chi connectivity index (χ0n) is 8.29. The number of carbonyl (C=O) groups is 1. The molecule has 0 aliphatic carbocycles. The van der Waals surface area contributed by atoms with E-state index in [1.54, 1.807) is 12.1 Å². The van der Waals surface area contributed by atoms with E-state index in [2.05, 4.69) is 0 Å². The van der Waals surface area contributed by atoms with Crippen LogP contribution in [-0.2, 0) is 9.53 Å². The van der Waals surface area contributed by atoms with E-state index in [0.29, 0.717) is 5.56 Å². The number of rotatable bonds is 3. The average molecular weight is 196 g/mol. The van der Waals surface area contributed by atoms with E-state index >= 15 is 0 Å². The third-order valence-electron chi connectivity index (χ3n) is 1.90. The van der Waals surface area contributed by atoms with Crippen molar-refractivity contribution in [3.63, 3.8) is 0 Å². The second-order valence-electron chi connectivity index (χ2n) is 3.16. The van der Waals surface area contributed by atoms with E-state index in [4.69, 9.17) is 4.74 Å². The molecular formula is C11H13FO2. The first-order valence-corrected chi connectivity index (χ1v) is 4.43. The Morgan fingerprint density at radius 1 is 1.43 bits per heavy atom. The fraction of sp³-hybridized carbons (Fsp3) is 0.364. The van der Waals surface area contributed by atoms with Crippen molar-refractivity contribution < 1.29 is 13.9 Å². The molecule has 0 saturated carbocycles. The molecule has 1 aromatic rings. The molecule has 0 aromatic heterocycles. The van der Waals surface area contributed by atoms with Gasteiger partial charge in [-0.2, -0.15) is 0 Å². The molecule has 0 spiro atoms. The molecule has 0 aliphatic heterocycles. The van der Waals surface area contributed by atoms with Gasteiger partial charge in [0.25, 0.3) is 0 Å². The van der Waals surface area contributed by atoms with Gasteiger partial charge in [-0.25, -0.2) is 4.39 Å². The minimum Gasteiger partial charge on any atom is -0.455 e.